The second-order valence-electron chi connectivity index (χ2n) is 5.96. The van der Waals surface area contributed by atoms with Crippen molar-refractivity contribution >= 4 is 17.1 Å². The van der Waals surface area contributed by atoms with E-state index in [1.54, 1.807) is 0 Å². The van der Waals surface area contributed by atoms with Gasteiger partial charge in [0.1, 0.15) is 0 Å². The lowest BCUT2D eigenvalue weighted by Crippen LogP contribution is -2.24. The fraction of sp³-hybridized carbons (Fsp3) is 0.333. The molecule has 2 heteroatoms. The van der Waals surface area contributed by atoms with Crippen LogP contribution in [0.5, 0.6) is 0 Å². The van der Waals surface area contributed by atoms with Crippen molar-refractivity contribution in [3.05, 3.63) is 52.6 Å². The van der Waals surface area contributed by atoms with Gasteiger partial charge in [-0.2, -0.15) is 0 Å². The maximum atomic E-state index is 2.40. The van der Waals surface area contributed by atoms with Crippen LogP contribution in [0.4, 0.5) is 17.1 Å². The Hall–Kier alpha value is -1.96. The molecule has 0 radical (unpaired) electrons. The van der Waals surface area contributed by atoms with E-state index in [-0.39, 0.29) is 0 Å². The average Bonchev–Trinajstić information content (AvgIpc) is 2.71. The average molecular weight is 266 g/mol. The summed E-state index contributed by atoms with van der Waals surface area (Å²) in [5, 5.41) is 0. The zero-order chi connectivity index (χ0) is 14.4. The molecule has 0 fully saturated rings. The van der Waals surface area contributed by atoms with Gasteiger partial charge in [-0.15, -0.1) is 0 Å². The highest BCUT2D eigenvalue weighted by Crippen LogP contribution is 2.41. The summed E-state index contributed by atoms with van der Waals surface area (Å²) in [5.74, 6) is 0. The third-order valence-corrected chi connectivity index (χ3v) is 4.45. The molecule has 104 valence electrons. The first-order valence-corrected chi connectivity index (χ1v) is 7.14. The van der Waals surface area contributed by atoms with Gasteiger partial charge in [0, 0.05) is 12.7 Å². The summed E-state index contributed by atoms with van der Waals surface area (Å²) in [6.45, 7) is 9.63. The van der Waals surface area contributed by atoms with Gasteiger partial charge in [0.2, 0.25) is 0 Å². The molecule has 0 amide bonds. The summed E-state index contributed by atoms with van der Waals surface area (Å²) in [7, 11) is 2.16. The predicted molar refractivity (Wildman–Crippen MR) is 87.2 cm³/mol. The van der Waals surface area contributed by atoms with E-state index in [1.807, 2.05) is 0 Å². The summed E-state index contributed by atoms with van der Waals surface area (Å²) in [5.41, 5.74) is 9.33. The van der Waals surface area contributed by atoms with Gasteiger partial charge in [-0.25, -0.2) is 0 Å². The Morgan fingerprint density at radius 3 is 2.00 bits per heavy atom. The van der Waals surface area contributed by atoms with Crippen molar-refractivity contribution in [3.63, 3.8) is 0 Å². The molecule has 20 heavy (non-hydrogen) atoms. The minimum absolute atomic E-state index is 0.917. The van der Waals surface area contributed by atoms with Crippen molar-refractivity contribution in [1.29, 1.82) is 0 Å². The van der Waals surface area contributed by atoms with E-state index in [1.165, 1.54) is 39.3 Å². The predicted octanol–water partition coefficient (Wildman–Crippen LogP) is 4.47. The minimum Gasteiger partial charge on any atom is -0.355 e. The van der Waals surface area contributed by atoms with Crippen molar-refractivity contribution in [2.24, 2.45) is 0 Å². The molecule has 1 aliphatic rings. The normalized spacial score (nSPS) is 13.8. The molecule has 0 unspecified atom stereocenters. The molecule has 0 N–H and O–H groups in total. The molecule has 1 aliphatic heterocycles. The summed E-state index contributed by atoms with van der Waals surface area (Å²) in [6, 6.07) is 11.3. The van der Waals surface area contributed by atoms with Gasteiger partial charge in [-0.1, -0.05) is 6.07 Å². The van der Waals surface area contributed by atoms with Gasteiger partial charge in [0.15, 0.2) is 0 Å². The second-order valence-corrected chi connectivity index (χ2v) is 5.96. The van der Waals surface area contributed by atoms with Gasteiger partial charge in [-0.05, 0) is 74.2 Å². The Labute approximate surface area is 121 Å². The van der Waals surface area contributed by atoms with E-state index < -0.39 is 0 Å². The van der Waals surface area contributed by atoms with E-state index in [9.17, 15) is 0 Å². The first kappa shape index (κ1) is 13.0. The summed E-state index contributed by atoms with van der Waals surface area (Å²) in [4.78, 5) is 4.71. The third kappa shape index (κ3) is 1.96. The van der Waals surface area contributed by atoms with Crippen molar-refractivity contribution < 1.29 is 0 Å². The van der Waals surface area contributed by atoms with Crippen LogP contribution in [0.25, 0.3) is 0 Å². The number of anilines is 3. The Balaban J connectivity index is 2.10. The minimum atomic E-state index is 0.917. The molecule has 2 nitrogen and oxygen atoms in total. The molecule has 1 heterocycles. The number of benzene rings is 2. The van der Waals surface area contributed by atoms with E-state index in [0.29, 0.717) is 0 Å². The lowest BCUT2D eigenvalue weighted by molar-refractivity contribution is 0.948. The van der Waals surface area contributed by atoms with Gasteiger partial charge >= 0.3 is 0 Å². The highest BCUT2D eigenvalue weighted by Gasteiger charge is 2.25. The van der Waals surface area contributed by atoms with Crippen LogP contribution in [0.1, 0.15) is 22.3 Å². The van der Waals surface area contributed by atoms with E-state index in [2.05, 4.69) is 74.9 Å². The van der Waals surface area contributed by atoms with Crippen LogP contribution in [0.2, 0.25) is 0 Å². The summed E-state index contributed by atoms with van der Waals surface area (Å²) >= 11 is 0. The van der Waals surface area contributed by atoms with Crippen LogP contribution in [0.3, 0.4) is 0 Å². The zero-order valence-corrected chi connectivity index (χ0v) is 13.0. The van der Waals surface area contributed by atoms with Gasteiger partial charge in [-0.3, -0.25) is 0 Å². The molecule has 3 rings (SSSR count). The van der Waals surface area contributed by atoms with Crippen LogP contribution in [-0.2, 0) is 0 Å². The van der Waals surface area contributed by atoms with Gasteiger partial charge < -0.3 is 9.80 Å². The number of aryl methyl sites for hydroxylation is 4. The summed E-state index contributed by atoms with van der Waals surface area (Å²) < 4.78 is 0. The van der Waals surface area contributed by atoms with Crippen LogP contribution in [0.15, 0.2) is 30.3 Å². The zero-order valence-electron chi connectivity index (χ0n) is 13.0. The van der Waals surface area contributed by atoms with Crippen LogP contribution in [-0.4, -0.2) is 13.7 Å². The fourth-order valence-electron chi connectivity index (χ4n) is 2.79. The Morgan fingerprint density at radius 1 is 0.750 bits per heavy atom. The standard InChI is InChI=1S/C18H22N2/c1-12-6-7-16(8-13(12)2)20-11-19(5)17-9-14(3)15(4)10-18(17)20/h6-10H,11H2,1-5H3. The van der Waals surface area contributed by atoms with Crippen molar-refractivity contribution in [1.82, 2.24) is 0 Å². The Bertz CT molecular complexity index is 673. The molecule has 0 saturated carbocycles. The van der Waals surface area contributed by atoms with E-state index >= 15 is 0 Å². The van der Waals surface area contributed by atoms with E-state index in [4.69, 9.17) is 0 Å². The third-order valence-electron chi connectivity index (χ3n) is 4.45. The van der Waals surface area contributed by atoms with Gasteiger partial charge in [0.05, 0.1) is 18.0 Å². The highest BCUT2D eigenvalue weighted by molar-refractivity contribution is 5.83. The maximum Gasteiger partial charge on any atom is 0.0950 e. The van der Waals surface area contributed by atoms with Crippen molar-refractivity contribution in [3.8, 4) is 0 Å². The number of nitrogens with zero attached hydrogens (tertiary/aromatic N) is 2. The first-order chi connectivity index (χ1) is 9.47. The van der Waals surface area contributed by atoms with Crippen molar-refractivity contribution in [2.75, 3.05) is 23.5 Å². The largest absolute Gasteiger partial charge is 0.355 e. The first-order valence-electron chi connectivity index (χ1n) is 7.14. The number of hydrogen-bond donors (Lipinski definition) is 0. The lowest BCUT2D eigenvalue weighted by atomic mass is 10.1. The lowest BCUT2D eigenvalue weighted by Gasteiger charge is -2.20. The molecule has 0 saturated heterocycles. The topological polar surface area (TPSA) is 6.48 Å². The fourth-order valence-corrected chi connectivity index (χ4v) is 2.79. The monoisotopic (exact) mass is 266 g/mol. The molecule has 0 atom stereocenters. The Kier molecular flexibility index (Phi) is 2.97. The maximum absolute atomic E-state index is 2.40. The molecule has 2 aromatic rings. The van der Waals surface area contributed by atoms with Crippen molar-refractivity contribution in [2.45, 2.75) is 27.7 Å². The smallest absolute Gasteiger partial charge is 0.0950 e. The second kappa shape index (κ2) is 4.55. The number of fused-ring (bicyclic) bond motifs is 1. The molecule has 0 spiro atoms. The summed E-state index contributed by atoms with van der Waals surface area (Å²) in [6.07, 6.45) is 0. The molecule has 0 aromatic heterocycles. The Morgan fingerprint density at radius 2 is 1.35 bits per heavy atom. The molecular weight excluding hydrogens is 244 g/mol. The van der Waals surface area contributed by atoms with E-state index in [0.717, 1.165) is 6.67 Å². The van der Waals surface area contributed by atoms with Crippen LogP contribution >= 0.6 is 0 Å². The van der Waals surface area contributed by atoms with Crippen LogP contribution in [0, 0.1) is 27.7 Å². The van der Waals surface area contributed by atoms with Gasteiger partial charge in [0.25, 0.3) is 0 Å². The quantitative estimate of drug-likeness (QED) is 0.751. The number of hydrogen-bond acceptors (Lipinski definition) is 2. The number of rotatable bonds is 1. The molecule has 0 bridgehead atoms. The molecule has 0 aliphatic carbocycles. The molecular formula is C18H22N2. The molecule has 2 aromatic carbocycles. The SMILES string of the molecule is Cc1ccc(N2CN(C)c3cc(C)c(C)cc32)cc1C. The van der Waals surface area contributed by atoms with Crippen LogP contribution < -0.4 is 9.80 Å². The highest BCUT2D eigenvalue weighted by atomic mass is 15.4.